The molecule has 10 heteroatoms. The third-order valence-electron chi connectivity index (χ3n) is 5.96. The molecule has 3 N–H and O–H groups in total. The smallest absolute Gasteiger partial charge is 0.248 e. The van der Waals surface area contributed by atoms with Crippen molar-refractivity contribution in [1.29, 1.82) is 0 Å². The third kappa shape index (κ3) is 6.39. The van der Waals surface area contributed by atoms with Gasteiger partial charge in [-0.2, -0.15) is 16.9 Å². The van der Waals surface area contributed by atoms with Crippen molar-refractivity contribution in [3.8, 4) is 0 Å². The van der Waals surface area contributed by atoms with Crippen LogP contribution in [0.4, 0.5) is 17.2 Å². The number of benzene rings is 2. The quantitative estimate of drug-likeness (QED) is 0.218. The van der Waals surface area contributed by atoms with E-state index in [-0.39, 0.29) is 5.91 Å². The molecule has 1 fully saturated rings. The van der Waals surface area contributed by atoms with Gasteiger partial charge in [0.25, 0.3) is 0 Å². The molecule has 9 nitrogen and oxygen atoms in total. The zero-order valence-electron chi connectivity index (χ0n) is 19.9. The van der Waals surface area contributed by atoms with Gasteiger partial charge >= 0.3 is 0 Å². The Kier molecular flexibility index (Phi) is 8.06. The number of hydrogen-bond acceptors (Lipinski definition) is 8. The van der Waals surface area contributed by atoms with E-state index in [0.717, 1.165) is 78.3 Å². The van der Waals surface area contributed by atoms with Crippen LogP contribution in [0.2, 0.25) is 0 Å². The van der Waals surface area contributed by atoms with Gasteiger partial charge in [-0.1, -0.05) is 6.08 Å². The number of thioether (sulfide) groups is 1. The molecule has 2 aromatic carbocycles. The Bertz CT molecular complexity index is 1350. The van der Waals surface area contributed by atoms with Crippen LogP contribution in [0.3, 0.4) is 0 Å². The van der Waals surface area contributed by atoms with Gasteiger partial charge in [0, 0.05) is 47.1 Å². The molecule has 0 radical (unpaired) electrons. The second-order valence-corrected chi connectivity index (χ2v) is 9.68. The molecule has 36 heavy (non-hydrogen) atoms. The van der Waals surface area contributed by atoms with Crippen LogP contribution in [0.25, 0.3) is 21.8 Å². The Labute approximate surface area is 213 Å². The first-order valence-electron chi connectivity index (χ1n) is 12.0. The summed E-state index contributed by atoms with van der Waals surface area (Å²) in [6.07, 6.45) is 7.97. The molecule has 0 aliphatic carbocycles. The number of nitrogens with zero attached hydrogens (tertiary/aromatic N) is 4. The largest absolute Gasteiger partial charge is 0.379 e. The molecule has 0 atom stereocenters. The summed E-state index contributed by atoms with van der Waals surface area (Å²) >= 11 is 1.84. The van der Waals surface area contributed by atoms with E-state index in [1.165, 1.54) is 6.33 Å². The van der Waals surface area contributed by atoms with Crippen LogP contribution in [-0.2, 0) is 9.53 Å². The van der Waals surface area contributed by atoms with Gasteiger partial charge in [-0.15, -0.1) is 0 Å². The van der Waals surface area contributed by atoms with E-state index in [2.05, 4.69) is 35.7 Å². The minimum absolute atomic E-state index is 0.153. The number of anilines is 3. The molecule has 0 unspecified atom stereocenters. The first kappa shape index (κ1) is 24.2. The number of rotatable bonds is 10. The molecule has 5 rings (SSSR count). The van der Waals surface area contributed by atoms with Gasteiger partial charge in [-0.05, 0) is 55.1 Å². The SMILES string of the molecule is O=C(/C=C/CSCCCN1CCOCC1)Nc1ccc2ncnc(Nc3ccc4cn[nH]c4c3)c2c1. The number of carbonyl (C=O) groups excluding carboxylic acids is 1. The summed E-state index contributed by atoms with van der Waals surface area (Å²) in [6, 6.07) is 11.6. The molecule has 1 amide bonds. The molecule has 1 aliphatic rings. The fraction of sp³-hybridized carbons (Fsp3) is 0.308. The molecular formula is C26H29N7O2S. The average Bonchev–Trinajstić information content (AvgIpc) is 3.37. The Morgan fingerprint density at radius 1 is 1.14 bits per heavy atom. The van der Waals surface area contributed by atoms with Crippen LogP contribution in [-0.4, -0.2) is 75.3 Å². The Morgan fingerprint density at radius 2 is 2.03 bits per heavy atom. The maximum atomic E-state index is 12.4. The Hall–Kier alpha value is -3.47. The fourth-order valence-electron chi connectivity index (χ4n) is 4.09. The van der Waals surface area contributed by atoms with E-state index in [4.69, 9.17) is 4.74 Å². The number of carbonyl (C=O) groups is 1. The topological polar surface area (TPSA) is 108 Å². The van der Waals surface area contributed by atoms with Crippen LogP contribution in [0.5, 0.6) is 0 Å². The Balaban J connectivity index is 1.14. The van der Waals surface area contributed by atoms with Crippen LogP contribution in [0, 0.1) is 0 Å². The number of nitrogens with one attached hydrogen (secondary N) is 3. The number of H-pyrrole nitrogens is 1. The highest BCUT2D eigenvalue weighted by molar-refractivity contribution is 7.99. The first-order valence-corrected chi connectivity index (χ1v) is 13.2. The molecule has 0 saturated carbocycles. The summed E-state index contributed by atoms with van der Waals surface area (Å²) in [7, 11) is 0. The van der Waals surface area contributed by atoms with Crippen molar-refractivity contribution in [2.24, 2.45) is 0 Å². The zero-order valence-corrected chi connectivity index (χ0v) is 20.8. The van der Waals surface area contributed by atoms with Crippen molar-refractivity contribution >= 4 is 56.7 Å². The van der Waals surface area contributed by atoms with Gasteiger partial charge in [0.05, 0.1) is 30.4 Å². The minimum Gasteiger partial charge on any atom is -0.379 e. The predicted molar refractivity (Wildman–Crippen MR) is 146 cm³/mol. The molecule has 0 bridgehead atoms. The number of amides is 1. The van der Waals surface area contributed by atoms with E-state index in [1.807, 2.05) is 54.2 Å². The summed E-state index contributed by atoms with van der Waals surface area (Å²) in [6.45, 7) is 4.86. The van der Waals surface area contributed by atoms with Crippen molar-refractivity contribution in [3.05, 3.63) is 61.1 Å². The van der Waals surface area contributed by atoms with E-state index >= 15 is 0 Å². The molecule has 3 heterocycles. The normalized spacial score (nSPS) is 14.6. The van der Waals surface area contributed by atoms with Crippen LogP contribution in [0.15, 0.2) is 61.1 Å². The molecule has 4 aromatic rings. The molecule has 1 aliphatic heterocycles. The van der Waals surface area contributed by atoms with E-state index in [9.17, 15) is 4.79 Å². The van der Waals surface area contributed by atoms with E-state index in [0.29, 0.717) is 11.5 Å². The lowest BCUT2D eigenvalue weighted by Crippen LogP contribution is -2.36. The maximum absolute atomic E-state index is 12.4. The van der Waals surface area contributed by atoms with Crippen molar-refractivity contribution in [2.75, 3.05) is 55.0 Å². The number of hydrogen-bond donors (Lipinski definition) is 3. The Morgan fingerprint density at radius 3 is 2.94 bits per heavy atom. The standard InChI is InChI=1S/C26H29N7O2S/c34-25(3-1-13-36-14-2-8-33-9-11-35-12-10-33)30-20-6-7-23-22(15-20)26(28-18-27-23)31-21-5-4-19-17-29-32-24(19)16-21/h1,3-7,15-18H,2,8-14H2,(H,29,32)(H,30,34)(H,27,28,31)/b3-1+. The molecule has 1 saturated heterocycles. The third-order valence-corrected chi connectivity index (χ3v) is 6.96. The van der Waals surface area contributed by atoms with Crippen molar-refractivity contribution in [3.63, 3.8) is 0 Å². The second-order valence-electron chi connectivity index (χ2n) is 8.53. The number of aromatic nitrogens is 4. The number of fused-ring (bicyclic) bond motifs is 2. The second kappa shape index (κ2) is 12.0. The summed E-state index contributed by atoms with van der Waals surface area (Å²) in [5.74, 6) is 2.41. The number of morpholine rings is 1. The lowest BCUT2D eigenvalue weighted by molar-refractivity contribution is -0.111. The predicted octanol–water partition coefficient (Wildman–Crippen LogP) is 4.20. The van der Waals surface area contributed by atoms with Crippen molar-refractivity contribution in [2.45, 2.75) is 6.42 Å². The maximum Gasteiger partial charge on any atom is 0.248 e. The van der Waals surface area contributed by atoms with Crippen molar-refractivity contribution < 1.29 is 9.53 Å². The van der Waals surface area contributed by atoms with Gasteiger partial charge in [0.2, 0.25) is 5.91 Å². The average molecular weight is 504 g/mol. The van der Waals surface area contributed by atoms with Crippen LogP contribution in [0.1, 0.15) is 6.42 Å². The highest BCUT2D eigenvalue weighted by Crippen LogP contribution is 2.27. The highest BCUT2D eigenvalue weighted by Gasteiger charge is 2.09. The van der Waals surface area contributed by atoms with Crippen molar-refractivity contribution in [1.82, 2.24) is 25.1 Å². The summed E-state index contributed by atoms with van der Waals surface area (Å²) in [4.78, 5) is 23.7. The number of ether oxygens (including phenoxy) is 1. The molecular weight excluding hydrogens is 474 g/mol. The molecule has 0 spiro atoms. The van der Waals surface area contributed by atoms with Gasteiger partial charge < -0.3 is 15.4 Å². The zero-order chi connectivity index (χ0) is 24.6. The number of aromatic amines is 1. The van der Waals surface area contributed by atoms with E-state index < -0.39 is 0 Å². The van der Waals surface area contributed by atoms with Crippen LogP contribution >= 0.6 is 11.8 Å². The summed E-state index contributed by atoms with van der Waals surface area (Å²) in [5, 5.41) is 15.2. The van der Waals surface area contributed by atoms with E-state index in [1.54, 1.807) is 12.3 Å². The monoisotopic (exact) mass is 503 g/mol. The van der Waals surface area contributed by atoms with Gasteiger partial charge in [-0.3, -0.25) is 14.8 Å². The van der Waals surface area contributed by atoms with Crippen LogP contribution < -0.4 is 10.6 Å². The van der Waals surface area contributed by atoms with Gasteiger partial charge in [0.15, 0.2) is 0 Å². The summed E-state index contributed by atoms with van der Waals surface area (Å²) in [5.41, 5.74) is 3.30. The summed E-state index contributed by atoms with van der Waals surface area (Å²) < 4.78 is 5.38. The highest BCUT2D eigenvalue weighted by atomic mass is 32.2. The fourth-order valence-corrected chi connectivity index (χ4v) is 4.82. The lowest BCUT2D eigenvalue weighted by atomic mass is 10.2. The molecule has 2 aromatic heterocycles. The lowest BCUT2D eigenvalue weighted by Gasteiger charge is -2.26. The van der Waals surface area contributed by atoms with Gasteiger partial charge in [0.1, 0.15) is 12.1 Å². The molecule has 186 valence electrons. The minimum atomic E-state index is -0.153. The first-order chi connectivity index (χ1) is 17.7. The van der Waals surface area contributed by atoms with Gasteiger partial charge in [-0.25, -0.2) is 9.97 Å².